The summed E-state index contributed by atoms with van der Waals surface area (Å²) in [4.78, 5) is 22.3. The van der Waals surface area contributed by atoms with E-state index in [1.165, 1.54) is 6.33 Å². The van der Waals surface area contributed by atoms with Gasteiger partial charge in [-0.3, -0.25) is 0 Å². The Balaban J connectivity index is 1.85. The molecule has 2 aromatic rings. The summed E-state index contributed by atoms with van der Waals surface area (Å²) in [5, 5.41) is 0.872. The van der Waals surface area contributed by atoms with E-state index in [9.17, 15) is 4.79 Å². The molecule has 7 heteroatoms. The lowest BCUT2D eigenvalue weighted by Gasteiger charge is -2.29. The van der Waals surface area contributed by atoms with Gasteiger partial charge in [-0.25, -0.2) is 14.8 Å². The number of rotatable bonds is 1. The van der Waals surface area contributed by atoms with E-state index in [0.717, 1.165) is 28.6 Å². The van der Waals surface area contributed by atoms with Crippen LogP contribution in [0, 0.1) is 0 Å². The van der Waals surface area contributed by atoms with Crippen molar-refractivity contribution < 1.29 is 9.53 Å². The number of fused-ring (bicyclic) bond motifs is 1. The molecule has 24 heavy (non-hydrogen) atoms. The summed E-state index contributed by atoms with van der Waals surface area (Å²) < 4.78 is 7.37. The summed E-state index contributed by atoms with van der Waals surface area (Å²) in [5.41, 5.74) is 8.57. The molecular weight excluding hydrogens is 306 g/mol. The number of carbonyl (C=O) groups is 1. The van der Waals surface area contributed by atoms with Crippen LogP contribution in [-0.2, 0) is 11.8 Å². The second-order valence-electron chi connectivity index (χ2n) is 7.02. The highest BCUT2D eigenvalue weighted by Gasteiger charge is 2.25. The van der Waals surface area contributed by atoms with Crippen LogP contribution >= 0.6 is 0 Å². The van der Waals surface area contributed by atoms with Crippen LogP contribution < -0.4 is 5.73 Å². The van der Waals surface area contributed by atoms with E-state index in [4.69, 9.17) is 10.5 Å². The molecule has 1 amide bonds. The molecular formula is C17H23N5O2. The Bertz CT molecular complexity index is 816. The number of nitrogen functional groups attached to an aromatic ring is 1. The fourth-order valence-corrected chi connectivity index (χ4v) is 2.88. The molecule has 0 bridgehead atoms. The first-order valence-corrected chi connectivity index (χ1v) is 7.99. The van der Waals surface area contributed by atoms with E-state index in [-0.39, 0.29) is 6.09 Å². The molecule has 0 saturated heterocycles. The predicted molar refractivity (Wildman–Crippen MR) is 93.3 cm³/mol. The summed E-state index contributed by atoms with van der Waals surface area (Å²) in [6.07, 6.45) is 6.01. The number of nitrogens with zero attached hydrogens (tertiary/aromatic N) is 4. The molecule has 0 spiro atoms. The average Bonchev–Trinajstić information content (AvgIpc) is 2.84. The molecule has 0 unspecified atom stereocenters. The lowest BCUT2D eigenvalue weighted by Crippen LogP contribution is -2.39. The molecule has 2 aromatic heterocycles. The maximum absolute atomic E-state index is 12.2. The van der Waals surface area contributed by atoms with Gasteiger partial charge in [0, 0.05) is 31.9 Å². The standard InChI is InChI=1S/C17H23N5O2/c1-17(2,3)24-16(23)22-7-5-11(6-8-22)12-9-21(4)15-13(12)14(18)19-10-20-15/h5,9-10H,6-8H2,1-4H3,(H2,18,19,20). The summed E-state index contributed by atoms with van der Waals surface area (Å²) in [5.74, 6) is 0.478. The number of nitrogens with two attached hydrogens (primary N) is 1. The number of amides is 1. The maximum Gasteiger partial charge on any atom is 0.410 e. The van der Waals surface area contributed by atoms with Crippen LogP contribution in [-0.4, -0.2) is 44.2 Å². The molecule has 1 aliphatic heterocycles. The van der Waals surface area contributed by atoms with Gasteiger partial charge in [-0.05, 0) is 32.8 Å². The molecule has 128 valence electrons. The van der Waals surface area contributed by atoms with Gasteiger partial charge < -0.3 is 19.9 Å². The third-order valence-electron chi connectivity index (χ3n) is 3.99. The van der Waals surface area contributed by atoms with E-state index in [1.807, 2.05) is 38.6 Å². The van der Waals surface area contributed by atoms with Crippen LogP contribution in [0.1, 0.15) is 32.8 Å². The third kappa shape index (κ3) is 3.06. The van der Waals surface area contributed by atoms with Crippen molar-refractivity contribution in [1.29, 1.82) is 0 Å². The number of ether oxygens (including phenoxy) is 1. The molecule has 0 aromatic carbocycles. The first-order chi connectivity index (χ1) is 11.3. The minimum atomic E-state index is -0.484. The number of carbonyl (C=O) groups excluding carboxylic acids is 1. The lowest BCUT2D eigenvalue weighted by molar-refractivity contribution is 0.0270. The summed E-state index contributed by atoms with van der Waals surface area (Å²) in [6.45, 7) is 6.75. The van der Waals surface area contributed by atoms with Gasteiger partial charge in [-0.1, -0.05) is 6.08 Å². The van der Waals surface area contributed by atoms with Crippen LogP contribution in [0.25, 0.3) is 16.6 Å². The Hall–Kier alpha value is -2.57. The topological polar surface area (TPSA) is 86.3 Å². The van der Waals surface area contributed by atoms with Crippen LogP contribution in [0.5, 0.6) is 0 Å². The van der Waals surface area contributed by atoms with Gasteiger partial charge in [0.25, 0.3) is 0 Å². The van der Waals surface area contributed by atoms with E-state index in [0.29, 0.717) is 18.9 Å². The van der Waals surface area contributed by atoms with Crippen molar-refractivity contribution in [2.24, 2.45) is 7.05 Å². The number of aryl methyl sites for hydroxylation is 1. The van der Waals surface area contributed by atoms with Gasteiger partial charge in [0.05, 0.1) is 5.39 Å². The van der Waals surface area contributed by atoms with Crippen LogP contribution in [0.4, 0.5) is 10.6 Å². The molecule has 3 rings (SSSR count). The molecule has 1 aliphatic rings. The maximum atomic E-state index is 12.2. The summed E-state index contributed by atoms with van der Waals surface area (Å²) in [7, 11) is 1.94. The largest absolute Gasteiger partial charge is 0.444 e. The molecule has 3 heterocycles. The van der Waals surface area contributed by atoms with Crippen molar-refractivity contribution in [1.82, 2.24) is 19.4 Å². The molecule has 0 saturated carbocycles. The first-order valence-electron chi connectivity index (χ1n) is 7.99. The molecule has 0 radical (unpaired) electrons. The Morgan fingerprint density at radius 3 is 2.71 bits per heavy atom. The SMILES string of the molecule is Cn1cc(C2=CCN(C(=O)OC(C)(C)C)CC2)c2c(N)ncnc21. The number of aromatic nitrogens is 3. The van der Waals surface area contributed by atoms with E-state index < -0.39 is 5.60 Å². The van der Waals surface area contributed by atoms with Gasteiger partial charge in [0.15, 0.2) is 0 Å². The predicted octanol–water partition coefficient (Wildman–Crippen LogP) is 2.57. The highest BCUT2D eigenvalue weighted by Crippen LogP contribution is 2.32. The van der Waals surface area contributed by atoms with Crippen molar-refractivity contribution in [3.63, 3.8) is 0 Å². The smallest absolute Gasteiger partial charge is 0.410 e. The van der Waals surface area contributed by atoms with Crippen LogP contribution in [0.15, 0.2) is 18.6 Å². The van der Waals surface area contributed by atoms with Crippen molar-refractivity contribution >= 4 is 28.5 Å². The molecule has 0 aliphatic carbocycles. The van der Waals surface area contributed by atoms with E-state index in [1.54, 1.807) is 4.90 Å². The third-order valence-corrected chi connectivity index (χ3v) is 3.99. The summed E-state index contributed by atoms with van der Waals surface area (Å²) in [6, 6.07) is 0. The van der Waals surface area contributed by atoms with Crippen LogP contribution in [0.3, 0.4) is 0 Å². The quantitative estimate of drug-likeness (QED) is 0.869. The highest BCUT2D eigenvalue weighted by atomic mass is 16.6. The van der Waals surface area contributed by atoms with Crippen molar-refractivity contribution in [2.75, 3.05) is 18.8 Å². The Kier molecular flexibility index (Phi) is 3.95. The Morgan fingerprint density at radius 1 is 1.33 bits per heavy atom. The van der Waals surface area contributed by atoms with Crippen molar-refractivity contribution in [2.45, 2.75) is 32.8 Å². The Morgan fingerprint density at radius 2 is 2.08 bits per heavy atom. The number of hydrogen-bond donors (Lipinski definition) is 1. The number of hydrogen-bond acceptors (Lipinski definition) is 5. The van der Waals surface area contributed by atoms with Crippen LogP contribution in [0.2, 0.25) is 0 Å². The van der Waals surface area contributed by atoms with Gasteiger partial charge in [0.2, 0.25) is 0 Å². The molecule has 2 N–H and O–H groups in total. The zero-order valence-electron chi connectivity index (χ0n) is 14.5. The second-order valence-corrected chi connectivity index (χ2v) is 7.02. The van der Waals surface area contributed by atoms with Gasteiger partial charge in [0.1, 0.15) is 23.4 Å². The lowest BCUT2D eigenvalue weighted by atomic mass is 10.00. The zero-order chi connectivity index (χ0) is 17.5. The normalized spacial score (nSPS) is 15.5. The molecule has 0 atom stereocenters. The minimum Gasteiger partial charge on any atom is -0.444 e. The fourth-order valence-electron chi connectivity index (χ4n) is 2.88. The van der Waals surface area contributed by atoms with Gasteiger partial charge in [-0.2, -0.15) is 0 Å². The highest BCUT2D eigenvalue weighted by molar-refractivity contribution is 5.97. The fraction of sp³-hybridized carbons (Fsp3) is 0.471. The molecule has 7 nitrogen and oxygen atoms in total. The second kappa shape index (κ2) is 5.81. The molecule has 0 fully saturated rings. The van der Waals surface area contributed by atoms with Crippen molar-refractivity contribution in [3.05, 3.63) is 24.2 Å². The van der Waals surface area contributed by atoms with E-state index in [2.05, 4.69) is 16.0 Å². The van der Waals surface area contributed by atoms with E-state index >= 15 is 0 Å². The zero-order valence-corrected chi connectivity index (χ0v) is 14.5. The summed E-state index contributed by atoms with van der Waals surface area (Å²) >= 11 is 0. The number of anilines is 1. The van der Waals surface area contributed by atoms with Crippen molar-refractivity contribution in [3.8, 4) is 0 Å². The van der Waals surface area contributed by atoms with Gasteiger partial charge >= 0.3 is 6.09 Å². The average molecular weight is 329 g/mol. The Labute approximate surface area is 141 Å². The first kappa shape index (κ1) is 16.3. The van der Waals surface area contributed by atoms with Gasteiger partial charge in [-0.15, -0.1) is 0 Å². The minimum absolute atomic E-state index is 0.279. The monoisotopic (exact) mass is 329 g/mol.